The zero-order valence-electron chi connectivity index (χ0n) is 14.9. The van der Waals surface area contributed by atoms with Crippen LogP contribution in [0.15, 0.2) is 62.8 Å². The van der Waals surface area contributed by atoms with Gasteiger partial charge < -0.3 is 13.9 Å². The standard InChI is InChI=1S/C20H18N2O5/c1-13-9-20(24)27-18-10-16(7-8-17(13)18)26-12-19(23)22-21-11-14-3-5-15(25-2)6-4-14/h3-11H,12H2,1-2H3,(H,22,23). The van der Waals surface area contributed by atoms with Crippen LogP contribution in [0.25, 0.3) is 11.0 Å². The lowest BCUT2D eigenvalue weighted by Gasteiger charge is -2.06. The van der Waals surface area contributed by atoms with Crippen molar-refractivity contribution in [1.29, 1.82) is 0 Å². The Morgan fingerprint density at radius 2 is 1.89 bits per heavy atom. The van der Waals surface area contributed by atoms with Gasteiger partial charge in [0.2, 0.25) is 0 Å². The number of hydrazone groups is 1. The second-order valence-electron chi connectivity index (χ2n) is 5.76. The highest BCUT2D eigenvalue weighted by Crippen LogP contribution is 2.22. The third-order valence-electron chi connectivity index (χ3n) is 3.81. The number of rotatable bonds is 6. The van der Waals surface area contributed by atoms with E-state index in [1.54, 1.807) is 37.4 Å². The number of carbonyl (C=O) groups excluding carboxylic acids is 1. The van der Waals surface area contributed by atoms with Crippen molar-refractivity contribution < 1.29 is 18.7 Å². The molecule has 3 aromatic rings. The first-order chi connectivity index (χ1) is 13.0. The zero-order valence-corrected chi connectivity index (χ0v) is 14.9. The fourth-order valence-electron chi connectivity index (χ4n) is 2.44. The Morgan fingerprint density at radius 3 is 2.63 bits per heavy atom. The van der Waals surface area contributed by atoms with Crippen LogP contribution in [0.3, 0.4) is 0 Å². The molecule has 0 radical (unpaired) electrons. The van der Waals surface area contributed by atoms with Gasteiger partial charge in [0.1, 0.15) is 17.1 Å². The Kier molecular flexibility index (Phi) is 5.51. The molecule has 1 heterocycles. The molecular weight excluding hydrogens is 348 g/mol. The van der Waals surface area contributed by atoms with Crippen LogP contribution in [0.4, 0.5) is 0 Å². The molecule has 2 aromatic carbocycles. The third-order valence-corrected chi connectivity index (χ3v) is 3.81. The average Bonchev–Trinajstić information content (AvgIpc) is 2.66. The van der Waals surface area contributed by atoms with Crippen LogP contribution in [-0.4, -0.2) is 25.8 Å². The number of hydrogen-bond acceptors (Lipinski definition) is 6. The van der Waals surface area contributed by atoms with Crippen LogP contribution in [-0.2, 0) is 4.79 Å². The lowest BCUT2D eigenvalue weighted by molar-refractivity contribution is -0.123. The Morgan fingerprint density at radius 1 is 1.15 bits per heavy atom. The lowest BCUT2D eigenvalue weighted by atomic mass is 10.1. The normalized spacial score (nSPS) is 10.9. The van der Waals surface area contributed by atoms with Gasteiger partial charge in [-0.3, -0.25) is 4.79 Å². The Labute approximate surface area is 155 Å². The average molecular weight is 366 g/mol. The summed E-state index contributed by atoms with van der Waals surface area (Å²) in [5, 5.41) is 4.69. The topological polar surface area (TPSA) is 90.1 Å². The molecule has 1 N–H and O–H groups in total. The summed E-state index contributed by atoms with van der Waals surface area (Å²) in [4.78, 5) is 23.3. The molecule has 7 nitrogen and oxygen atoms in total. The van der Waals surface area contributed by atoms with E-state index >= 15 is 0 Å². The first-order valence-electron chi connectivity index (χ1n) is 8.18. The fourth-order valence-corrected chi connectivity index (χ4v) is 2.44. The van der Waals surface area contributed by atoms with E-state index in [4.69, 9.17) is 13.9 Å². The van der Waals surface area contributed by atoms with Crippen molar-refractivity contribution in [3.63, 3.8) is 0 Å². The minimum Gasteiger partial charge on any atom is -0.497 e. The van der Waals surface area contributed by atoms with Crippen LogP contribution < -0.4 is 20.5 Å². The molecule has 0 unspecified atom stereocenters. The Bertz CT molecular complexity index is 1040. The molecule has 27 heavy (non-hydrogen) atoms. The first-order valence-corrected chi connectivity index (χ1v) is 8.18. The van der Waals surface area contributed by atoms with E-state index in [0.29, 0.717) is 11.3 Å². The van der Waals surface area contributed by atoms with Gasteiger partial charge in [0.25, 0.3) is 5.91 Å². The molecule has 138 valence electrons. The number of nitrogens with zero attached hydrogens (tertiary/aromatic N) is 1. The van der Waals surface area contributed by atoms with E-state index in [-0.39, 0.29) is 6.61 Å². The van der Waals surface area contributed by atoms with Crippen molar-refractivity contribution in [2.75, 3.05) is 13.7 Å². The summed E-state index contributed by atoms with van der Waals surface area (Å²) in [5.41, 5.74) is 4.01. The summed E-state index contributed by atoms with van der Waals surface area (Å²) in [7, 11) is 1.59. The van der Waals surface area contributed by atoms with Crippen molar-refractivity contribution in [3.05, 3.63) is 70.1 Å². The number of nitrogens with one attached hydrogen (secondary N) is 1. The maximum atomic E-state index is 11.8. The smallest absolute Gasteiger partial charge is 0.336 e. The molecule has 3 rings (SSSR count). The van der Waals surface area contributed by atoms with E-state index in [1.807, 2.05) is 19.1 Å². The molecule has 0 bridgehead atoms. The highest BCUT2D eigenvalue weighted by Gasteiger charge is 2.06. The van der Waals surface area contributed by atoms with E-state index in [1.165, 1.54) is 12.3 Å². The van der Waals surface area contributed by atoms with Crippen LogP contribution in [0.2, 0.25) is 0 Å². The van der Waals surface area contributed by atoms with Crippen molar-refractivity contribution in [1.82, 2.24) is 5.43 Å². The quantitative estimate of drug-likeness (QED) is 0.411. The molecule has 0 aliphatic carbocycles. The number of hydrogen-bond donors (Lipinski definition) is 1. The van der Waals surface area contributed by atoms with E-state index < -0.39 is 11.5 Å². The molecule has 0 aliphatic rings. The largest absolute Gasteiger partial charge is 0.497 e. The maximum absolute atomic E-state index is 11.8. The van der Waals surface area contributed by atoms with Crippen molar-refractivity contribution in [2.45, 2.75) is 6.92 Å². The van der Waals surface area contributed by atoms with Crippen molar-refractivity contribution >= 4 is 23.1 Å². The molecule has 0 saturated heterocycles. The van der Waals surface area contributed by atoms with Gasteiger partial charge in [-0.1, -0.05) is 0 Å². The van der Waals surface area contributed by atoms with Crippen LogP contribution in [0.1, 0.15) is 11.1 Å². The molecule has 0 aliphatic heterocycles. The van der Waals surface area contributed by atoms with Gasteiger partial charge in [-0.05, 0) is 54.4 Å². The summed E-state index contributed by atoms with van der Waals surface area (Å²) in [6.45, 7) is 1.61. The molecule has 0 atom stereocenters. The highest BCUT2D eigenvalue weighted by molar-refractivity contribution is 5.83. The molecular formula is C20H18N2O5. The van der Waals surface area contributed by atoms with Gasteiger partial charge >= 0.3 is 5.63 Å². The number of amides is 1. The lowest BCUT2D eigenvalue weighted by Crippen LogP contribution is -2.24. The predicted molar refractivity (Wildman–Crippen MR) is 101 cm³/mol. The second-order valence-corrected chi connectivity index (χ2v) is 5.76. The highest BCUT2D eigenvalue weighted by atomic mass is 16.5. The van der Waals surface area contributed by atoms with E-state index in [2.05, 4.69) is 10.5 Å². The monoisotopic (exact) mass is 366 g/mol. The van der Waals surface area contributed by atoms with Gasteiger partial charge in [-0.15, -0.1) is 0 Å². The van der Waals surface area contributed by atoms with Gasteiger partial charge in [0, 0.05) is 17.5 Å². The second kappa shape index (κ2) is 8.18. The van der Waals surface area contributed by atoms with Crippen molar-refractivity contribution in [3.8, 4) is 11.5 Å². The summed E-state index contributed by atoms with van der Waals surface area (Å²) in [5.74, 6) is 0.752. The molecule has 1 amide bonds. The van der Waals surface area contributed by atoms with Gasteiger partial charge in [-0.25, -0.2) is 10.2 Å². The van der Waals surface area contributed by atoms with E-state index in [9.17, 15) is 9.59 Å². The first kappa shape index (κ1) is 18.2. The minimum absolute atomic E-state index is 0.221. The number of ether oxygens (including phenoxy) is 2. The Balaban J connectivity index is 1.56. The third kappa shape index (κ3) is 4.72. The van der Waals surface area contributed by atoms with Gasteiger partial charge in [-0.2, -0.15) is 5.10 Å². The SMILES string of the molecule is COc1ccc(C=NNC(=O)COc2ccc3c(C)cc(=O)oc3c2)cc1. The summed E-state index contributed by atoms with van der Waals surface area (Å²) < 4.78 is 15.6. The number of carbonyl (C=O) groups is 1. The molecule has 0 spiro atoms. The van der Waals surface area contributed by atoms with Crippen LogP contribution in [0, 0.1) is 6.92 Å². The van der Waals surface area contributed by atoms with Gasteiger partial charge in [0.15, 0.2) is 6.61 Å². The summed E-state index contributed by atoms with van der Waals surface area (Å²) >= 11 is 0. The van der Waals surface area contributed by atoms with Crippen molar-refractivity contribution in [2.24, 2.45) is 5.10 Å². The predicted octanol–water partition coefficient (Wildman–Crippen LogP) is 2.64. The summed E-state index contributed by atoms with van der Waals surface area (Å²) in [6.07, 6.45) is 1.52. The number of aryl methyl sites for hydroxylation is 1. The number of fused-ring (bicyclic) bond motifs is 1. The van der Waals surface area contributed by atoms with Crippen LogP contribution in [0.5, 0.6) is 11.5 Å². The zero-order chi connectivity index (χ0) is 19.2. The fraction of sp³-hybridized carbons (Fsp3) is 0.150. The summed E-state index contributed by atoms with van der Waals surface area (Å²) in [6, 6.07) is 13.7. The maximum Gasteiger partial charge on any atom is 0.336 e. The molecule has 7 heteroatoms. The molecule has 0 fully saturated rings. The minimum atomic E-state index is -0.428. The molecule has 0 saturated carbocycles. The number of methoxy groups -OCH3 is 1. The Hall–Kier alpha value is -3.61. The number of benzene rings is 2. The van der Waals surface area contributed by atoms with Gasteiger partial charge in [0.05, 0.1) is 13.3 Å². The molecule has 1 aromatic heterocycles. The van der Waals surface area contributed by atoms with E-state index in [0.717, 1.165) is 22.3 Å². The van der Waals surface area contributed by atoms with Crippen LogP contribution >= 0.6 is 0 Å².